The summed E-state index contributed by atoms with van der Waals surface area (Å²) >= 11 is 1.43. The van der Waals surface area contributed by atoms with Crippen molar-refractivity contribution >= 4 is 23.6 Å². The second kappa shape index (κ2) is 6.89. The van der Waals surface area contributed by atoms with Gasteiger partial charge in [-0.3, -0.25) is 9.59 Å². The first-order valence-electron chi connectivity index (χ1n) is 6.16. The van der Waals surface area contributed by atoms with Crippen molar-refractivity contribution < 1.29 is 14.7 Å². The van der Waals surface area contributed by atoms with E-state index in [-0.39, 0.29) is 22.8 Å². The fourth-order valence-corrected chi connectivity index (χ4v) is 3.22. The number of carboxylic acids is 1. The zero-order valence-corrected chi connectivity index (χ0v) is 11.3. The van der Waals surface area contributed by atoms with Crippen LogP contribution in [0.25, 0.3) is 0 Å². The van der Waals surface area contributed by atoms with Gasteiger partial charge < -0.3 is 10.4 Å². The zero-order chi connectivity index (χ0) is 12.8. The van der Waals surface area contributed by atoms with Gasteiger partial charge in [-0.1, -0.05) is 19.8 Å². The fourth-order valence-electron chi connectivity index (χ4n) is 2.09. The molecule has 0 aliphatic heterocycles. The topological polar surface area (TPSA) is 66.4 Å². The van der Waals surface area contributed by atoms with Gasteiger partial charge in [0, 0.05) is 11.3 Å². The van der Waals surface area contributed by atoms with Crippen LogP contribution in [0.5, 0.6) is 0 Å². The van der Waals surface area contributed by atoms with Gasteiger partial charge in [-0.15, -0.1) is 11.8 Å². The van der Waals surface area contributed by atoms with Crippen LogP contribution in [0.1, 0.15) is 46.0 Å². The van der Waals surface area contributed by atoms with E-state index in [2.05, 4.69) is 5.32 Å². The molecule has 0 bridgehead atoms. The van der Waals surface area contributed by atoms with Crippen LogP contribution in [0.15, 0.2) is 0 Å². The Morgan fingerprint density at radius 3 is 2.47 bits per heavy atom. The largest absolute Gasteiger partial charge is 0.481 e. The van der Waals surface area contributed by atoms with E-state index in [0.717, 1.165) is 12.8 Å². The van der Waals surface area contributed by atoms with E-state index in [1.54, 1.807) is 0 Å². The van der Waals surface area contributed by atoms with Crippen LogP contribution in [0.4, 0.5) is 0 Å². The number of hydrogen-bond acceptors (Lipinski definition) is 3. The number of aliphatic carboxylic acids is 1. The minimum absolute atomic E-state index is 0.0307. The summed E-state index contributed by atoms with van der Waals surface area (Å²) in [6, 6.07) is 0.334. The molecule has 0 aromatic rings. The number of carboxylic acid groups (broad SMARTS) is 1. The third kappa shape index (κ3) is 5.44. The maximum Gasteiger partial charge on any atom is 0.304 e. The summed E-state index contributed by atoms with van der Waals surface area (Å²) in [5.41, 5.74) is 0. The number of thioether (sulfide) groups is 1. The molecule has 0 saturated heterocycles. The minimum Gasteiger partial charge on any atom is -0.481 e. The molecule has 5 heteroatoms. The summed E-state index contributed by atoms with van der Waals surface area (Å²) in [7, 11) is 0. The molecule has 1 amide bonds. The Morgan fingerprint density at radius 2 is 1.94 bits per heavy atom. The van der Waals surface area contributed by atoms with Gasteiger partial charge in [-0.05, 0) is 19.8 Å². The third-order valence-electron chi connectivity index (χ3n) is 2.97. The average Bonchev–Trinajstić information content (AvgIpc) is 2.68. The van der Waals surface area contributed by atoms with E-state index in [0.29, 0.717) is 6.04 Å². The molecule has 1 saturated carbocycles. The number of amides is 1. The van der Waals surface area contributed by atoms with Gasteiger partial charge in [0.05, 0.1) is 11.7 Å². The van der Waals surface area contributed by atoms with Gasteiger partial charge in [0.1, 0.15) is 0 Å². The third-order valence-corrected chi connectivity index (χ3v) is 4.22. The Hall–Kier alpha value is -0.710. The normalized spacial score (nSPS) is 19.9. The first-order chi connectivity index (χ1) is 7.99. The molecule has 0 radical (unpaired) electrons. The van der Waals surface area contributed by atoms with Crippen LogP contribution in [0.3, 0.4) is 0 Å². The van der Waals surface area contributed by atoms with Gasteiger partial charge in [-0.25, -0.2) is 0 Å². The maximum absolute atomic E-state index is 11.8. The lowest BCUT2D eigenvalue weighted by Crippen LogP contribution is -2.38. The standard InChI is InChI=1S/C12H21NO3S/c1-8(7-11(14)15)17-9(2)12(16)13-10-5-3-4-6-10/h8-10H,3-7H2,1-2H3,(H,13,16)(H,14,15). The molecule has 98 valence electrons. The Bertz CT molecular complexity index is 277. The molecule has 0 aromatic carbocycles. The predicted octanol–water partition coefficient (Wildman–Crippen LogP) is 2.03. The second-order valence-electron chi connectivity index (χ2n) is 4.68. The number of carbonyl (C=O) groups excluding carboxylic acids is 1. The lowest BCUT2D eigenvalue weighted by atomic mass is 10.2. The van der Waals surface area contributed by atoms with E-state index in [1.807, 2.05) is 13.8 Å². The molecule has 1 aliphatic rings. The van der Waals surface area contributed by atoms with Crippen LogP contribution < -0.4 is 5.32 Å². The summed E-state index contributed by atoms with van der Waals surface area (Å²) in [5.74, 6) is -0.771. The van der Waals surface area contributed by atoms with Gasteiger partial charge in [0.25, 0.3) is 0 Å². The number of rotatable bonds is 6. The van der Waals surface area contributed by atoms with Crippen molar-refractivity contribution in [3.63, 3.8) is 0 Å². The molecular weight excluding hydrogens is 238 g/mol. The van der Waals surface area contributed by atoms with Crippen molar-refractivity contribution in [2.24, 2.45) is 0 Å². The molecule has 2 atom stereocenters. The van der Waals surface area contributed by atoms with Crippen molar-refractivity contribution in [3.8, 4) is 0 Å². The van der Waals surface area contributed by atoms with Crippen molar-refractivity contribution in [2.45, 2.75) is 62.5 Å². The number of nitrogens with one attached hydrogen (secondary N) is 1. The summed E-state index contributed by atoms with van der Waals surface area (Å²) in [4.78, 5) is 22.4. The summed E-state index contributed by atoms with van der Waals surface area (Å²) in [6.07, 6.45) is 4.65. The quantitative estimate of drug-likeness (QED) is 0.766. The molecule has 1 aliphatic carbocycles. The first kappa shape index (κ1) is 14.4. The van der Waals surface area contributed by atoms with E-state index in [4.69, 9.17) is 5.11 Å². The highest BCUT2D eigenvalue weighted by Gasteiger charge is 2.22. The monoisotopic (exact) mass is 259 g/mol. The Kier molecular flexibility index (Phi) is 5.82. The Morgan fingerprint density at radius 1 is 1.35 bits per heavy atom. The van der Waals surface area contributed by atoms with Crippen molar-refractivity contribution in [3.05, 3.63) is 0 Å². The van der Waals surface area contributed by atoms with Crippen LogP contribution in [0, 0.1) is 0 Å². The summed E-state index contributed by atoms with van der Waals surface area (Å²) in [6.45, 7) is 3.69. The lowest BCUT2D eigenvalue weighted by molar-refractivity contribution is -0.137. The molecule has 17 heavy (non-hydrogen) atoms. The lowest BCUT2D eigenvalue weighted by Gasteiger charge is -2.18. The highest BCUT2D eigenvalue weighted by Crippen LogP contribution is 2.22. The molecule has 2 unspecified atom stereocenters. The molecule has 1 rings (SSSR count). The number of hydrogen-bond donors (Lipinski definition) is 2. The van der Waals surface area contributed by atoms with E-state index < -0.39 is 5.97 Å². The molecule has 0 aromatic heterocycles. The zero-order valence-electron chi connectivity index (χ0n) is 10.4. The van der Waals surface area contributed by atoms with Crippen molar-refractivity contribution in [2.75, 3.05) is 0 Å². The highest BCUT2D eigenvalue weighted by atomic mass is 32.2. The maximum atomic E-state index is 11.8. The first-order valence-corrected chi connectivity index (χ1v) is 7.11. The van der Waals surface area contributed by atoms with E-state index in [9.17, 15) is 9.59 Å². The Balaban J connectivity index is 2.27. The number of carbonyl (C=O) groups is 2. The van der Waals surface area contributed by atoms with Gasteiger partial charge in [0.2, 0.25) is 5.91 Å². The molecule has 2 N–H and O–H groups in total. The van der Waals surface area contributed by atoms with Crippen LogP contribution in [-0.2, 0) is 9.59 Å². The van der Waals surface area contributed by atoms with Crippen LogP contribution in [0.2, 0.25) is 0 Å². The van der Waals surface area contributed by atoms with Crippen molar-refractivity contribution in [1.82, 2.24) is 5.32 Å². The van der Waals surface area contributed by atoms with Gasteiger partial charge in [-0.2, -0.15) is 0 Å². The van der Waals surface area contributed by atoms with Crippen LogP contribution >= 0.6 is 11.8 Å². The van der Waals surface area contributed by atoms with Gasteiger partial charge >= 0.3 is 5.97 Å². The summed E-state index contributed by atoms with van der Waals surface area (Å²) < 4.78 is 0. The molecule has 4 nitrogen and oxygen atoms in total. The second-order valence-corrected chi connectivity index (χ2v) is 6.46. The van der Waals surface area contributed by atoms with Gasteiger partial charge in [0.15, 0.2) is 0 Å². The molecule has 0 spiro atoms. The summed E-state index contributed by atoms with van der Waals surface area (Å²) in [5, 5.41) is 11.5. The predicted molar refractivity (Wildman–Crippen MR) is 69.2 cm³/mol. The Labute approximate surface area is 107 Å². The molecule has 1 fully saturated rings. The SMILES string of the molecule is CC(CC(=O)O)SC(C)C(=O)NC1CCCC1. The van der Waals surface area contributed by atoms with E-state index in [1.165, 1.54) is 24.6 Å². The van der Waals surface area contributed by atoms with Crippen LogP contribution in [-0.4, -0.2) is 33.5 Å². The highest BCUT2D eigenvalue weighted by molar-refractivity contribution is 8.01. The average molecular weight is 259 g/mol. The minimum atomic E-state index is -0.812. The van der Waals surface area contributed by atoms with Crippen molar-refractivity contribution in [1.29, 1.82) is 0 Å². The van der Waals surface area contributed by atoms with E-state index >= 15 is 0 Å². The molecular formula is C12H21NO3S. The fraction of sp³-hybridized carbons (Fsp3) is 0.833. The smallest absolute Gasteiger partial charge is 0.304 e. The molecule has 0 heterocycles.